The SMILES string of the molecule is CC.CC.Cc1cc(Cl)c2c(C)ncnc2c1. The zero-order chi connectivity index (χ0) is 13.4. The van der Waals surface area contributed by atoms with Gasteiger partial charge in [-0.2, -0.15) is 0 Å². The Morgan fingerprint density at radius 2 is 1.53 bits per heavy atom. The van der Waals surface area contributed by atoms with Gasteiger partial charge in [0.2, 0.25) is 0 Å². The van der Waals surface area contributed by atoms with Crippen molar-refractivity contribution < 1.29 is 0 Å². The van der Waals surface area contributed by atoms with Crippen LogP contribution in [0.15, 0.2) is 18.5 Å². The zero-order valence-electron chi connectivity index (χ0n) is 11.5. The molecule has 0 saturated heterocycles. The maximum Gasteiger partial charge on any atom is 0.116 e. The Bertz CT molecular complexity index is 467. The third kappa shape index (κ3) is 3.97. The van der Waals surface area contributed by atoms with Crippen molar-refractivity contribution in [1.29, 1.82) is 0 Å². The van der Waals surface area contributed by atoms with Gasteiger partial charge < -0.3 is 0 Å². The minimum absolute atomic E-state index is 0.730. The van der Waals surface area contributed by atoms with Gasteiger partial charge in [0.1, 0.15) is 6.33 Å². The van der Waals surface area contributed by atoms with Gasteiger partial charge in [0, 0.05) is 11.1 Å². The molecule has 0 aliphatic carbocycles. The number of hydrogen-bond acceptors (Lipinski definition) is 2. The van der Waals surface area contributed by atoms with Gasteiger partial charge in [-0.3, -0.25) is 0 Å². The van der Waals surface area contributed by atoms with Crippen molar-refractivity contribution in [3.8, 4) is 0 Å². The van der Waals surface area contributed by atoms with E-state index in [0.717, 1.165) is 27.2 Å². The molecule has 17 heavy (non-hydrogen) atoms. The van der Waals surface area contributed by atoms with Crippen molar-refractivity contribution in [3.05, 3.63) is 34.7 Å². The van der Waals surface area contributed by atoms with Crippen LogP contribution in [0.5, 0.6) is 0 Å². The molecule has 0 spiro atoms. The first-order valence-corrected chi connectivity index (χ1v) is 6.44. The molecule has 1 aromatic carbocycles. The molecule has 0 saturated carbocycles. The lowest BCUT2D eigenvalue weighted by atomic mass is 10.1. The minimum Gasteiger partial charge on any atom is -0.241 e. The molecule has 1 aromatic heterocycles. The van der Waals surface area contributed by atoms with Gasteiger partial charge in [0.25, 0.3) is 0 Å². The molecule has 0 aliphatic heterocycles. The molecule has 3 heteroatoms. The van der Waals surface area contributed by atoms with Crippen LogP contribution in [0.3, 0.4) is 0 Å². The molecule has 0 bridgehead atoms. The second-order valence-corrected chi connectivity index (χ2v) is 3.51. The van der Waals surface area contributed by atoms with Gasteiger partial charge >= 0.3 is 0 Å². The highest BCUT2D eigenvalue weighted by Gasteiger charge is 2.04. The van der Waals surface area contributed by atoms with Crippen LogP contribution in [0.2, 0.25) is 5.02 Å². The number of rotatable bonds is 0. The van der Waals surface area contributed by atoms with E-state index < -0.39 is 0 Å². The second kappa shape index (κ2) is 8.02. The lowest BCUT2D eigenvalue weighted by Crippen LogP contribution is -1.88. The topological polar surface area (TPSA) is 25.8 Å². The number of nitrogens with zero attached hydrogens (tertiary/aromatic N) is 2. The summed E-state index contributed by atoms with van der Waals surface area (Å²) in [6, 6.07) is 3.94. The quantitative estimate of drug-likeness (QED) is 0.663. The number of aromatic nitrogens is 2. The molecule has 1 heterocycles. The van der Waals surface area contributed by atoms with Crippen LogP contribution in [-0.4, -0.2) is 9.97 Å². The predicted molar refractivity (Wildman–Crippen MR) is 76.7 cm³/mol. The van der Waals surface area contributed by atoms with Crippen molar-refractivity contribution >= 4 is 22.5 Å². The lowest BCUT2D eigenvalue weighted by Gasteiger charge is -2.03. The van der Waals surface area contributed by atoms with Crippen LogP contribution in [0, 0.1) is 13.8 Å². The first kappa shape index (κ1) is 15.9. The molecule has 0 aliphatic rings. The van der Waals surface area contributed by atoms with Crippen LogP contribution in [0.25, 0.3) is 10.9 Å². The summed E-state index contributed by atoms with van der Waals surface area (Å²) in [6.45, 7) is 11.9. The third-order valence-corrected chi connectivity index (χ3v) is 2.32. The van der Waals surface area contributed by atoms with E-state index in [2.05, 4.69) is 9.97 Å². The van der Waals surface area contributed by atoms with Gasteiger partial charge in [-0.1, -0.05) is 39.3 Å². The number of halogens is 1. The van der Waals surface area contributed by atoms with Crippen LogP contribution < -0.4 is 0 Å². The van der Waals surface area contributed by atoms with Crippen molar-refractivity contribution in [2.45, 2.75) is 41.5 Å². The average molecular weight is 253 g/mol. The molecule has 2 aromatic rings. The third-order valence-electron chi connectivity index (χ3n) is 2.02. The molecule has 94 valence electrons. The van der Waals surface area contributed by atoms with Crippen LogP contribution >= 0.6 is 11.6 Å². The molecule has 0 amide bonds. The molecule has 0 fully saturated rings. The zero-order valence-corrected chi connectivity index (χ0v) is 12.3. The second-order valence-electron chi connectivity index (χ2n) is 3.10. The average Bonchev–Trinajstić information content (AvgIpc) is 2.33. The summed E-state index contributed by atoms with van der Waals surface area (Å²) in [5.41, 5.74) is 2.96. The van der Waals surface area contributed by atoms with E-state index in [0.29, 0.717) is 0 Å². The minimum atomic E-state index is 0.730. The molecular weight excluding hydrogens is 232 g/mol. The first-order chi connectivity index (χ1) is 8.18. The van der Waals surface area contributed by atoms with E-state index >= 15 is 0 Å². The van der Waals surface area contributed by atoms with E-state index in [1.54, 1.807) is 6.33 Å². The molecule has 2 rings (SSSR count). The fourth-order valence-electron chi connectivity index (χ4n) is 1.43. The van der Waals surface area contributed by atoms with E-state index in [-0.39, 0.29) is 0 Å². The highest BCUT2D eigenvalue weighted by molar-refractivity contribution is 6.35. The Balaban J connectivity index is 0.000000581. The van der Waals surface area contributed by atoms with Crippen molar-refractivity contribution in [2.24, 2.45) is 0 Å². The van der Waals surface area contributed by atoms with Gasteiger partial charge in [-0.15, -0.1) is 0 Å². The summed E-state index contributed by atoms with van der Waals surface area (Å²) in [5.74, 6) is 0. The summed E-state index contributed by atoms with van der Waals surface area (Å²) in [6.07, 6.45) is 1.56. The Kier molecular flexibility index (Phi) is 7.47. The van der Waals surface area contributed by atoms with Gasteiger partial charge in [-0.05, 0) is 31.5 Å². The summed E-state index contributed by atoms with van der Waals surface area (Å²) in [7, 11) is 0. The fourth-order valence-corrected chi connectivity index (χ4v) is 1.83. The predicted octanol–water partition coefficient (Wildman–Crippen LogP) is 4.95. The molecule has 0 radical (unpaired) electrons. The van der Waals surface area contributed by atoms with Crippen LogP contribution in [0.4, 0.5) is 0 Å². The largest absolute Gasteiger partial charge is 0.241 e. The fraction of sp³-hybridized carbons (Fsp3) is 0.429. The Hall–Kier alpha value is -1.15. The Morgan fingerprint density at radius 1 is 0.941 bits per heavy atom. The number of aryl methyl sites for hydroxylation is 2. The maximum absolute atomic E-state index is 6.09. The molecule has 0 unspecified atom stereocenters. The summed E-state index contributed by atoms with van der Waals surface area (Å²) in [5, 5.41) is 1.68. The number of benzene rings is 1. The smallest absolute Gasteiger partial charge is 0.116 e. The first-order valence-electron chi connectivity index (χ1n) is 6.06. The van der Waals surface area contributed by atoms with E-state index in [1.165, 1.54) is 0 Å². The van der Waals surface area contributed by atoms with Crippen LogP contribution in [0.1, 0.15) is 39.0 Å². The number of fused-ring (bicyclic) bond motifs is 1. The number of hydrogen-bond donors (Lipinski definition) is 0. The highest BCUT2D eigenvalue weighted by Crippen LogP contribution is 2.25. The van der Waals surface area contributed by atoms with Gasteiger partial charge in [-0.25, -0.2) is 9.97 Å². The van der Waals surface area contributed by atoms with E-state index in [9.17, 15) is 0 Å². The monoisotopic (exact) mass is 252 g/mol. The molecule has 0 N–H and O–H groups in total. The van der Waals surface area contributed by atoms with Crippen molar-refractivity contribution in [2.75, 3.05) is 0 Å². The lowest BCUT2D eigenvalue weighted by molar-refractivity contribution is 1.15. The van der Waals surface area contributed by atoms with Gasteiger partial charge in [0.05, 0.1) is 10.5 Å². The summed E-state index contributed by atoms with van der Waals surface area (Å²) in [4.78, 5) is 8.27. The molecule has 2 nitrogen and oxygen atoms in total. The maximum atomic E-state index is 6.09. The van der Waals surface area contributed by atoms with Gasteiger partial charge in [0.15, 0.2) is 0 Å². The van der Waals surface area contributed by atoms with E-state index in [1.807, 2.05) is 53.7 Å². The Labute approximate surface area is 109 Å². The highest BCUT2D eigenvalue weighted by atomic mass is 35.5. The van der Waals surface area contributed by atoms with Crippen molar-refractivity contribution in [3.63, 3.8) is 0 Å². The summed E-state index contributed by atoms with van der Waals surface area (Å²) >= 11 is 6.09. The van der Waals surface area contributed by atoms with Crippen molar-refractivity contribution in [1.82, 2.24) is 9.97 Å². The standard InChI is InChI=1S/C10H9ClN2.2C2H6/c1-6-3-8(11)10-7(2)12-5-13-9(10)4-6;2*1-2/h3-5H,1-2H3;2*1-2H3. The normalized spacial score (nSPS) is 8.88. The molecule has 0 atom stereocenters. The Morgan fingerprint density at radius 3 is 2.12 bits per heavy atom. The molecular formula is C14H21ClN2. The summed E-state index contributed by atoms with van der Waals surface area (Å²) < 4.78 is 0. The van der Waals surface area contributed by atoms with Crippen LogP contribution in [-0.2, 0) is 0 Å². The van der Waals surface area contributed by atoms with E-state index in [4.69, 9.17) is 11.6 Å².